The molecule has 0 heterocycles. The number of aryl methyl sites for hydroxylation is 1. The first-order valence-electron chi connectivity index (χ1n) is 10.6. The summed E-state index contributed by atoms with van der Waals surface area (Å²) in [6, 6.07) is 19.6. The number of rotatable bonds is 6. The predicted octanol–water partition coefficient (Wildman–Crippen LogP) is 7.83. The Balaban J connectivity index is 1.86. The fourth-order valence-corrected chi connectivity index (χ4v) is 4.80. The molecule has 0 saturated carbocycles. The van der Waals surface area contributed by atoms with Crippen molar-refractivity contribution < 1.29 is 0 Å². The molecule has 3 rings (SSSR count). The van der Waals surface area contributed by atoms with Crippen molar-refractivity contribution in [2.75, 3.05) is 0 Å². The lowest BCUT2D eigenvalue weighted by molar-refractivity contribution is 1.14. The quantitative estimate of drug-likeness (QED) is 0.139. The molecule has 4 heteroatoms. The molecule has 0 bridgehead atoms. The van der Waals surface area contributed by atoms with Crippen molar-refractivity contribution in [2.24, 2.45) is 0 Å². The lowest BCUT2D eigenvalue weighted by Gasteiger charge is -2.07. The van der Waals surface area contributed by atoms with E-state index in [1.807, 2.05) is 36.4 Å². The van der Waals surface area contributed by atoms with E-state index in [0.29, 0.717) is 0 Å². The largest absolute Gasteiger partial charge is 0.372 e. The Labute approximate surface area is 212 Å². The topological polar surface area (TPSA) is 0 Å². The molecule has 0 spiro atoms. The van der Waals surface area contributed by atoms with Crippen LogP contribution in [-0.2, 0) is 6.42 Å². The Morgan fingerprint density at radius 1 is 0.727 bits per heavy atom. The molecule has 0 aliphatic rings. The maximum atomic E-state index is 6.08. The molecule has 0 amide bonds. The number of benzene rings is 3. The standard InChI is InChI=1S/C29H23Cl3Si/c1-3-5-6-7-28-22-26(13-12-24-10-8-23(4-2)9-11-24)15-19-27(28)18-14-25-16-20-29(21-17-25)33(30,31)32/h8-22H,4H2,1-2H3/b13-12+,18-14+. The third kappa shape index (κ3) is 7.71. The number of hydrogen-bond donors (Lipinski definition) is 0. The van der Waals surface area contributed by atoms with Crippen molar-refractivity contribution in [1.82, 2.24) is 0 Å². The van der Waals surface area contributed by atoms with Gasteiger partial charge in [-0.05, 0) is 64.3 Å². The van der Waals surface area contributed by atoms with Crippen molar-refractivity contribution in [1.29, 1.82) is 0 Å². The minimum Gasteiger partial charge on any atom is -0.121 e. The average molecular weight is 506 g/mol. The van der Waals surface area contributed by atoms with Gasteiger partial charge in [0, 0.05) is 5.56 Å². The van der Waals surface area contributed by atoms with Crippen molar-refractivity contribution in [3.05, 3.63) is 100 Å². The lowest BCUT2D eigenvalue weighted by Crippen LogP contribution is -2.29. The van der Waals surface area contributed by atoms with Gasteiger partial charge in [-0.25, -0.2) is 0 Å². The Morgan fingerprint density at radius 3 is 1.91 bits per heavy atom. The molecule has 0 N–H and O–H groups in total. The summed E-state index contributed by atoms with van der Waals surface area (Å²) in [6.07, 6.45) is 9.33. The third-order valence-electron chi connectivity index (χ3n) is 5.01. The van der Waals surface area contributed by atoms with Crippen LogP contribution in [0.1, 0.15) is 47.2 Å². The normalized spacial score (nSPS) is 11.2. The summed E-state index contributed by atoms with van der Waals surface area (Å²) in [7, 11) is 0. The molecule has 0 atom stereocenters. The third-order valence-corrected chi connectivity index (χ3v) is 7.96. The van der Waals surface area contributed by atoms with Crippen LogP contribution in [0, 0.1) is 23.7 Å². The minimum atomic E-state index is -2.86. The monoisotopic (exact) mass is 504 g/mol. The fraction of sp³-hybridized carbons (Fsp3) is 0.103. The Kier molecular flexibility index (Phi) is 9.08. The van der Waals surface area contributed by atoms with E-state index in [2.05, 4.69) is 85.2 Å². The Morgan fingerprint density at radius 2 is 1.30 bits per heavy atom. The van der Waals surface area contributed by atoms with Crippen molar-refractivity contribution >= 4 is 68.7 Å². The number of halogens is 3. The van der Waals surface area contributed by atoms with Crippen LogP contribution in [0.2, 0.25) is 0 Å². The maximum absolute atomic E-state index is 6.08. The van der Waals surface area contributed by atoms with Crippen LogP contribution in [0.3, 0.4) is 0 Å². The zero-order valence-electron chi connectivity index (χ0n) is 18.5. The van der Waals surface area contributed by atoms with Crippen LogP contribution >= 0.6 is 33.2 Å². The molecule has 0 aromatic heterocycles. The molecule has 33 heavy (non-hydrogen) atoms. The molecule has 0 unspecified atom stereocenters. The Bertz CT molecular complexity index is 1270. The van der Waals surface area contributed by atoms with Crippen molar-refractivity contribution in [3.8, 4) is 23.7 Å². The van der Waals surface area contributed by atoms with E-state index in [1.165, 1.54) is 11.1 Å². The minimum absolute atomic E-state index is 0.773. The SMILES string of the molecule is CC#CC#Cc1cc(/C=C/c2ccc(CC)cc2)ccc1/C=C/c1ccc([Si](Cl)(Cl)Cl)cc1. The van der Waals surface area contributed by atoms with E-state index >= 15 is 0 Å². The van der Waals surface area contributed by atoms with Gasteiger partial charge >= 0.3 is 6.00 Å². The van der Waals surface area contributed by atoms with Gasteiger partial charge in [0.05, 0.1) is 0 Å². The summed E-state index contributed by atoms with van der Waals surface area (Å²) in [5.41, 5.74) is 6.54. The highest BCUT2D eigenvalue weighted by Crippen LogP contribution is 2.21. The first-order valence-corrected chi connectivity index (χ1v) is 15.6. The van der Waals surface area contributed by atoms with Gasteiger partial charge in [0.15, 0.2) is 0 Å². The summed E-state index contributed by atoms with van der Waals surface area (Å²) >= 11 is 18.2. The summed E-state index contributed by atoms with van der Waals surface area (Å²) < 4.78 is 0. The average Bonchev–Trinajstić information content (AvgIpc) is 2.82. The molecule has 0 saturated heterocycles. The summed E-state index contributed by atoms with van der Waals surface area (Å²) in [4.78, 5) is 0. The second kappa shape index (κ2) is 12.0. The van der Waals surface area contributed by atoms with Gasteiger partial charge in [-0.15, -0.1) is 33.2 Å². The van der Waals surface area contributed by atoms with Crippen LogP contribution in [-0.4, -0.2) is 6.00 Å². The predicted molar refractivity (Wildman–Crippen MR) is 150 cm³/mol. The van der Waals surface area contributed by atoms with Crippen LogP contribution in [0.25, 0.3) is 24.3 Å². The summed E-state index contributed by atoms with van der Waals surface area (Å²) in [5.74, 6) is 11.7. The molecule has 0 fully saturated rings. The first-order chi connectivity index (χ1) is 15.9. The van der Waals surface area contributed by atoms with Gasteiger partial charge in [-0.3, -0.25) is 0 Å². The van der Waals surface area contributed by atoms with Crippen LogP contribution < -0.4 is 5.19 Å². The van der Waals surface area contributed by atoms with E-state index in [0.717, 1.165) is 33.9 Å². The van der Waals surface area contributed by atoms with Crippen LogP contribution in [0.5, 0.6) is 0 Å². The first kappa shape index (κ1) is 25.0. The summed E-state index contributed by atoms with van der Waals surface area (Å²) in [6.45, 7) is 3.94. The van der Waals surface area contributed by atoms with E-state index in [1.54, 1.807) is 6.92 Å². The fourth-order valence-electron chi connectivity index (χ4n) is 3.12. The maximum Gasteiger partial charge on any atom is 0.372 e. The molecule has 0 radical (unpaired) electrons. The lowest BCUT2D eigenvalue weighted by atomic mass is 10.0. The van der Waals surface area contributed by atoms with Gasteiger partial charge in [0.2, 0.25) is 0 Å². The molecule has 0 aliphatic heterocycles. The highest BCUT2D eigenvalue weighted by atomic mass is 35.8. The number of hydrogen-bond acceptors (Lipinski definition) is 0. The highest BCUT2D eigenvalue weighted by molar-refractivity contribution is 7.69. The molecule has 0 nitrogen and oxygen atoms in total. The molecular formula is C29H23Cl3Si. The zero-order valence-corrected chi connectivity index (χ0v) is 21.8. The molecule has 3 aromatic rings. The van der Waals surface area contributed by atoms with E-state index in [9.17, 15) is 0 Å². The van der Waals surface area contributed by atoms with Crippen LogP contribution in [0.15, 0.2) is 66.7 Å². The van der Waals surface area contributed by atoms with E-state index in [-0.39, 0.29) is 0 Å². The van der Waals surface area contributed by atoms with Gasteiger partial charge in [-0.2, -0.15) is 0 Å². The van der Waals surface area contributed by atoms with Gasteiger partial charge in [-0.1, -0.05) is 104 Å². The van der Waals surface area contributed by atoms with Gasteiger partial charge < -0.3 is 0 Å². The zero-order chi connectivity index (χ0) is 23.7. The molecular weight excluding hydrogens is 483 g/mol. The van der Waals surface area contributed by atoms with Gasteiger partial charge in [0.25, 0.3) is 0 Å². The smallest absolute Gasteiger partial charge is 0.121 e. The van der Waals surface area contributed by atoms with Crippen molar-refractivity contribution in [3.63, 3.8) is 0 Å². The van der Waals surface area contributed by atoms with Crippen molar-refractivity contribution in [2.45, 2.75) is 20.3 Å². The molecule has 3 aromatic carbocycles. The molecule has 164 valence electrons. The Hall–Kier alpha value is -2.65. The molecule has 0 aliphatic carbocycles. The van der Waals surface area contributed by atoms with E-state index in [4.69, 9.17) is 33.2 Å². The van der Waals surface area contributed by atoms with E-state index < -0.39 is 6.00 Å². The second-order valence-electron chi connectivity index (χ2n) is 7.35. The van der Waals surface area contributed by atoms with Crippen LogP contribution in [0.4, 0.5) is 0 Å². The van der Waals surface area contributed by atoms with Gasteiger partial charge in [0.1, 0.15) is 0 Å². The second-order valence-corrected chi connectivity index (χ2v) is 15.8. The highest BCUT2D eigenvalue weighted by Gasteiger charge is 2.27. The summed E-state index contributed by atoms with van der Waals surface area (Å²) in [5, 5.41) is 0.773.